The molecule has 0 unspecified atom stereocenters. The number of carbonyl (C=O) groups is 1. The highest BCUT2D eigenvalue weighted by atomic mass is 32.2. The Kier molecular flexibility index (Phi) is 5.78. The number of anilines is 1. The van der Waals surface area contributed by atoms with Crippen molar-refractivity contribution in [3.8, 4) is 11.3 Å². The minimum Gasteiger partial charge on any atom is -0.320 e. The second-order valence-electron chi connectivity index (χ2n) is 4.73. The van der Waals surface area contributed by atoms with Gasteiger partial charge in [0, 0.05) is 10.9 Å². The lowest BCUT2D eigenvalue weighted by atomic mass is 10.1. The summed E-state index contributed by atoms with van der Waals surface area (Å²) < 4.78 is 0. The van der Waals surface area contributed by atoms with E-state index in [0.717, 1.165) is 22.6 Å². The molecule has 0 aliphatic heterocycles. The van der Waals surface area contributed by atoms with Gasteiger partial charge in [0.25, 0.3) is 0 Å². The van der Waals surface area contributed by atoms with Crippen LogP contribution in [-0.2, 0) is 4.79 Å². The summed E-state index contributed by atoms with van der Waals surface area (Å²) in [7, 11) is 0. The number of rotatable bonds is 6. The number of hydrogen-bond acceptors (Lipinski definition) is 5. The van der Waals surface area contributed by atoms with Crippen molar-refractivity contribution in [2.75, 3.05) is 17.3 Å². The van der Waals surface area contributed by atoms with Crippen LogP contribution in [0.3, 0.4) is 0 Å². The predicted molar refractivity (Wildman–Crippen MR) is 91.9 cm³/mol. The molecule has 6 heteroatoms. The van der Waals surface area contributed by atoms with Gasteiger partial charge in [-0.1, -0.05) is 24.3 Å². The number of carbonyl (C=O) groups excluding carboxylic acids is 1. The van der Waals surface area contributed by atoms with E-state index in [0.29, 0.717) is 11.6 Å². The molecule has 0 fully saturated rings. The third-order valence-electron chi connectivity index (χ3n) is 3.13. The average Bonchev–Trinajstić information content (AvgIpc) is 2.93. The number of amides is 1. The summed E-state index contributed by atoms with van der Waals surface area (Å²) >= 11 is 3.10. The zero-order chi connectivity index (χ0) is 15.2. The summed E-state index contributed by atoms with van der Waals surface area (Å²) in [6, 6.07) is 7.57. The van der Waals surface area contributed by atoms with Crippen molar-refractivity contribution in [1.29, 1.82) is 0 Å². The van der Waals surface area contributed by atoms with Gasteiger partial charge in [-0.05, 0) is 30.9 Å². The zero-order valence-corrected chi connectivity index (χ0v) is 13.8. The summed E-state index contributed by atoms with van der Waals surface area (Å²) in [6.45, 7) is 2.05. The van der Waals surface area contributed by atoms with Crippen LogP contribution in [0, 0.1) is 6.92 Å². The molecule has 112 valence electrons. The van der Waals surface area contributed by atoms with Gasteiger partial charge < -0.3 is 11.1 Å². The molecular weight excluding hydrogens is 302 g/mol. The van der Waals surface area contributed by atoms with E-state index >= 15 is 0 Å². The van der Waals surface area contributed by atoms with Crippen molar-refractivity contribution < 1.29 is 4.79 Å². The molecule has 3 N–H and O–H groups in total. The molecule has 21 heavy (non-hydrogen) atoms. The number of thiazole rings is 1. The first-order chi connectivity index (χ1) is 10.1. The Morgan fingerprint density at radius 2 is 2.24 bits per heavy atom. The monoisotopic (exact) mass is 321 g/mol. The molecule has 1 aromatic heterocycles. The number of benzene rings is 1. The van der Waals surface area contributed by atoms with Gasteiger partial charge in [0.05, 0.1) is 11.7 Å². The first-order valence-electron chi connectivity index (χ1n) is 6.68. The Hall–Kier alpha value is -1.37. The van der Waals surface area contributed by atoms with Crippen LogP contribution >= 0.6 is 23.1 Å². The molecule has 0 aliphatic carbocycles. The molecule has 4 nitrogen and oxygen atoms in total. The minimum atomic E-state index is -0.483. The Labute approximate surface area is 133 Å². The Morgan fingerprint density at radius 3 is 2.95 bits per heavy atom. The number of aromatic nitrogens is 1. The fourth-order valence-electron chi connectivity index (χ4n) is 1.89. The maximum absolute atomic E-state index is 12.0. The molecule has 1 amide bonds. The Morgan fingerprint density at radius 1 is 1.48 bits per heavy atom. The lowest BCUT2D eigenvalue weighted by Crippen LogP contribution is -2.36. The maximum Gasteiger partial charge on any atom is 0.243 e. The second kappa shape index (κ2) is 7.59. The van der Waals surface area contributed by atoms with Gasteiger partial charge in [-0.3, -0.25) is 4.79 Å². The van der Waals surface area contributed by atoms with Crippen LogP contribution in [0.25, 0.3) is 11.3 Å². The Bertz CT molecular complexity index is 612. The highest BCUT2D eigenvalue weighted by molar-refractivity contribution is 7.98. The van der Waals surface area contributed by atoms with Crippen LogP contribution in [0.4, 0.5) is 5.13 Å². The fourth-order valence-corrected chi connectivity index (χ4v) is 3.09. The van der Waals surface area contributed by atoms with Gasteiger partial charge in [0.1, 0.15) is 0 Å². The number of nitrogens with one attached hydrogen (secondary N) is 1. The minimum absolute atomic E-state index is 0.172. The largest absolute Gasteiger partial charge is 0.320 e. The Balaban J connectivity index is 2.04. The number of nitrogens with zero attached hydrogens (tertiary/aromatic N) is 1. The van der Waals surface area contributed by atoms with E-state index in [4.69, 9.17) is 5.73 Å². The number of thioether (sulfide) groups is 1. The smallest absolute Gasteiger partial charge is 0.243 e. The topological polar surface area (TPSA) is 68.0 Å². The first kappa shape index (κ1) is 16.0. The van der Waals surface area contributed by atoms with E-state index in [1.165, 1.54) is 11.3 Å². The molecule has 0 bridgehead atoms. The molecule has 0 spiro atoms. The molecule has 0 saturated heterocycles. The quantitative estimate of drug-likeness (QED) is 0.857. The first-order valence-corrected chi connectivity index (χ1v) is 8.96. The molecule has 1 heterocycles. The number of hydrogen-bond donors (Lipinski definition) is 2. The van der Waals surface area contributed by atoms with E-state index in [2.05, 4.69) is 10.3 Å². The van der Waals surface area contributed by atoms with Crippen LogP contribution in [0.5, 0.6) is 0 Å². The SMILES string of the molecule is CSCC[C@H](N)C(=O)Nc1nc(-c2ccccc2C)cs1. The molecule has 2 aromatic rings. The van der Waals surface area contributed by atoms with Gasteiger partial charge in [-0.15, -0.1) is 11.3 Å². The van der Waals surface area contributed by atoms with Gasteiger partial charge >= 0.3 is 0 Å². The molecule has 1 atom stereocenters. The summed E-state index contributed by atoms with van der Waals surface area (Å²) in [4.78, 5) is 16.4. The fraction of sp³-hybridized carbons (Fsp3) is 0.333. The molecule has 0 saturated carbocycles. The normalized spacial score (nSPS) is 12.1. The van der Waals surface area contributed by atoms with Gasteiger partial charge in [0.2, 0.25) is 5.91 Å². The number of nitrogens with two attached hydrogens (primary N) is 1. The van der Waals surface area contributed by atoms with Crippen molar-refractivity contribution in [2.45, 2.75) is 19.4 Å². The van der Waals surface area contributed by atoms with E-state index in [-0.39, 0.29) is 5.91 Å². The predicted octanol–water partition coefficient (Wildman–Crippen LogP) is 3.14. The van der Waals surface area contributed by atoms with E-state index < -0.39 is 6.04 Å². The van der Waals surface area contributed by atoms with E-state index in [1.54, 1.807) is 11.8 Å². The lowest BCUT2D eigenvalue weighted by molar-refractivity contribution is -0.117. The van der Waals surface area contributed by atoms with Gasteiger partial charge in [0.15, 0.2) is 5.13 Å². The third-order valence-corrected chi connectivity index (χ3v) is 4.53. The van der Waals surface area contributed by atoms with Crippen molar-refractivity contribution in [2.24, 2.45) is 5.73 Å². The summed E-state index contributed by atoms with van der Waals surface area (Å²) in [5.74, 6) is 0.704. The van der Waals surface area contributed by atoms with E-state index in [9.17, 15) is 4.79 Å². The van der Waals surface area contributed by atoms with Crippen molar-refractivity contribution in [1.82, 2.24) is 4.98 Å². The summed E-state index contributed by atoms with van der Waals surface area (Å²) in [6.07, 6.45) is 2.67. The standard InChI is InChI=1S/C15H19N3OS2/c1-10-5-3-4-6-11(10)13-9-21-15(17-13)18-14(19)12(16)7-8-20-2/h3-6,9,12H,7-8,16H2,1-2H3,(H,17,18,19)/t12-/m0/s1. The van der Waals surface area contributed by atoms with Crippen LogP contribution in [0.2, 0.25) is 0 Å². The molecule has 1 aromatic carbocycles. The summed E-state index contributed by atoms with van der Waals surface area (Å²) in [5, 5.41) is 5.34. The van der Waals surface area contributed by atoms with Crippen molar-refractivity contribution in [3.63, 3.8) is 0 Å². The highest BCUT2D eigenvalue weighted by Crippen LogP contribution is 2.27. The lowest BCUT2D eigenvalue weighted by Gasteiger charge is -2.09. The van der Waals surface area contributed by atoms with Crippen LogP contribution in [-0.4, -0.2) is 28.9 Å². The van der Waals surface area contributed by atoms with Gasteiger partial charge in [-0.25, -0.2) is 4.98 Å². The van der Waals surface area contributed by atoms with Gasteiger partial charge in [-0.2, -0.15) is 11.8 Å². The highest BCUT2D eigenvalue weighted by Gasteiger charge is 2.15. The second-order valence-corrected chi connectivity index (χ2v) is 6.57. The van der Waals surface area contributed by atoms with Crippen LogP contribution < -0.4 is 11.1 Å². The number of aryl methyl sites for hydroxylation is 1. The summed E-state index contributed by atoms with van der Waals surface area (Å²) in [5.41, 5.74) is 8.97. The third kappa shape index (κ3) is 4.30. The maximum atomic E-state index is 12.0. The van der Waals surface area contributed by atoms with Crippen LogP contribution in [0.1, 0.15) is 12.0 Å². The average molecular weight is 321 g/mol. The van der Waals surface area contributed by atoms with Crippen molar-refractivity contribution in [3.05, 3.63) is 35.2 Å². The van der Waals surface area contributed by atoms with Crippen molar-refractivity contribution >= 4 is 34.1 Å². The molecule has 2 rings (SSSR count). The molecular formula is C15H19N3OS2. The van der Waals surface area contributed by atoms with E-state index in [1.807, 2.05) is 42.8 Å². The molecule has 0 aliphatic rings. The molecule has 0 radical (unpaired) electrons. The zero-order valence-electron chi connectivity index (χ0n) is 12.1. The van der Waals surface area contributed by atoms with Crippen LogP contribution in [0.15, 0.2) is 29.6 Å².